The molecule has 6 nitrogen and oxygen atoms in total. The average Bonchev–Trinajstić information content (AvgIpc) is 2.49. The van der Waals surface area contributed by atoms with E-state index in [0.29, 0.717) is 30.8 Å². The van der Waals surface area contributed by atoms with Gasteiger partial charge in [0.25, 0.3) is 0 Å². The second-order valence-corrected chi connectivity index (χ2v) is 5.47. The normalized spacial score (nSPS) is 22.5. The Balaban J connectivity index is 2.10. The maximum atomic E-state index is 11.2. The molecule has 110 valence electrons. The van der Waals surface area contributed by atoms with Gasteiger partial charge in [-0.1, -0.05) is 19.1 Å². The number of nitrogens with zero attached hydrogens (tertiary/aromatic N) is 3. The molecular weight excluding hydrogens is 270 g/mol. The Labute approximate surface area is 122 Å². The lowest BCUT2D eigenvalue weighted by atomic mass is 9.96. The lowest BCUT2D eigenvalue weighted by Gasteiger charge is -2.35. The number of benzene rings is 1. The second kappa shape index (κ2) is 5.29. The predicted octanol–water partition coefficient (Wildman–Crippen LogP) is 1.54. The fraction of sp³-hybridized carbons (Fsp3) is 0.400. The highest BCUT2D eigenvalue weighted by atomic mass is 16.4. The van der Waals surface area contributed by atoms with Crippen LogP contribution in [0.15, 0.2) is 24.3 Å². The van der Waals surface area contributed by atoms with Gasteiger partial charge in [-0.05, 0) is 24.5 Å². The quantitative estimate of drug-likeness (QED) is 0.871. The number of fused-ring (bicyclic) bond motifs is 1. The van der Waals surface area contributed by atoms with E-state index >= 15 is 0 Å². The van der Waals surface area contributed by atoms with Gasteiger partial charge in [-0.2, -0.15) is 0 Å². The number of aliphatic hydroxyl groups is 1. The van der Waals surface area contributed by atoms with Crippen LogP contribution in [0.2, 0.25) is 0 Å². The number of rotatable bonds is 2. The van der Waals surface area contributed by atoms with E-state index in [1.807, 2.05) is 30.0 Å². The van der Waals surface area contributed by atoms with E-state index in [1.54, 1.807) is 6.07 Å². The first kappa shape index (κ1) is 13.8. The number of carboxylic acid groups (broad SMARTS) is 1. The molecule has 0 amide bonds. The topological polar surface area (TPSA) is 86.6 Å². The number of carbonyl (C=O) groups is 1. The van der Waals surface area contributed by atoms with Crippen LogP contribution in [0.4, 0.5) is 5.82 Å². The molecule has 1 aliphatic rings. The molecule has 0 spiro atoms. The number of hydrogen-bond acceptors (Lipinski definition) is 5. The summed E-state index contributed by atoms with van der Waals surface area (Å²) in [6.45, 7) is 3.30. The average molecular weight is 287 g/mol. The Morgan fingerprint density at radius 2 is 2.10 bits per heavy atom. The molecule has 6 heteroatoms. The van der Waals surface area contributed by atoms with Crippen molar-refractivity contribution in [1.29, 1.82) is 0 Å². The van der Waals surface area contributed by atoms with Crippen LogP contribution in [0.25, 0.3) is 10.9 Å². The third-order valence-corrected chi connectivity index (χ3v) is 3.93. The summed E-state index contributed by atoms with van der Waals surface area (Å²) >= 11 is 0. The number of aliphatic hydroxyl groups excluding tert-OH is 1. The van der Waals surface area contributed by atoms with Crippen LogP contribution < -0.4 is 4.90 Å². The van der Waals surface area contributed by atoms with E-state index in [2.05, 4.69) is 9.97 Å². The molecular formula is C15H17N3O3. The molecule has 2 heterocycles. The first-order chi connectivity index (χ1) is 10.1. The first-order valence-corrected chi connectivity index (χ1v) is 6.99. The first-order valence-electron chi connectivity index (χ1n) is 6.99. The van der Waals surface area contributed by atoms with Gasteiger partial charge in [-0.3, -0.25) is 0 Å². The van der Waals surface area contributed by atoms with Crippen LogP contribution in [-0.2, 0) is 0 Å². The summed E-state index contributed by atoms with van der Waals surface area (Å²) in [5.41, 5.74) is 0.624. The molecule has 21 heavy (non-hydrogen) atoms. The molecule has 1 aliphatic heterocycles. The van der Waals surface area contributed by atoms with Gasteiger partial charge in [0.15, 0.2) is 0 Å². The molecule has 1 aromatic carbocycles. The zero-order chi connectivity index (χ0) is 15.0. The summed E-state index contributed by atoms with van der Waals surface area (Å²) in [5.74, 6) is -0.563. The minimum Gasteiger partial charge on any atom is -0.475 e. The molecule has 1 aromatic heterocycles. The van der Waals surface area contributed by atoms with Gasteiger partial charge < -0.3 is 15.1 Å². The van der Waals surface area contributed by atoms with Gasteiger partial charge in [0.2, 0.25) is 5.82 Å². The molecule has 1 fully saturated rings. The lowest BCUT2D eigenvalue weighted by Crippen LogP contribution is -2.42. The molecule has 1 saturated heterocycles. The van der Waals surface area contributed by atoms with Crippen molar-refractivity contribution < 1.29 is 15.0 Å². The van der Waals surface area contributed by atoms with Gasteiger partial charge in [0, 0.05) is 18.5 Å². The van der Waals surface area contributed by atoms with Gasteiger partial charge in [0.05, 0.1) is 11.6 Å². The van der Waals surface area contributed by atoms with Gasteiger partial charge >= 0.3 is 5.97 Å². The van der Waals surface area contributed by atoms with Crippen molar-refractivity contribution in [2.24, 2.45) is 5.92 Å². The van der Waals surface area contributed by atoms with Crippen LogP contribution in [0.5, 0.6) is 0 Å². The molecule has 0 saturated carbocycles. The fourth-order valence-electron chi connectivity index (χ4n) is 2.72. The van der Waals surface area contributed by atoms with E-state index in [0.717, 1.165) is 5.39 Å². The van der Waals surface area contributed by atoms with E-state index in [-0.39, 0.29) is 17.8 Å². The number of anilines is 1. The highest BCUT2D eigenvalue weighted by Gasteiger charge is 2.27. The largest absolute Gasteiger partial charge is 0.475 e. The predicted molar refractivity (Wildman–Crippen MR) is 78.5 cm³/mol. The summed E-state index contributed by atoms with van der Waals surface area (Å²) in [6, 6.07) is 7.40. The van der Waals surface area contributed by atoms with E-state index in [4.69, 9.17) is 0 Å². The molecule has 2 atom stereocenters. The number of aromatic carboxylic acids is 1. The van der Waals surface area contributed by atoms with E-state index in [1.165, 1.54) is 0 Å². The highest BCUT2D eigenvalue weighted by Crippen LogP contribution is 2.28. The summed E-state index contributed by atoms with van der Waals surface area (Å²) < 4.78 is 0. The standard InChI is InChI=1S/C15H17N3O3/c1-9-8-18(7-6-12(9)19)14-10-4-2-3-5-11(10)16-13(17-14)15(20)21/h2-5,9,12,19H,6-8H2,1H3,(H,20,21). The van der Waals surface area contributed by atoms with Crippen LogP contribution in [0.1, 0.15) is 24.0 Å². The Morgan fingerprint density at radius 3 is 2.81 bits per heavy atom. The monoisotopic (exact) mass is 287 g/mol. The third kappa shape index (κ3) is 2.54. The SMILES string of the molecule is CC1CN(c2nc(C(=O)O)nc3ccccc23)CCC1O. The lowest BCUT2D eigenvalue weighted by molar-refractivity contribution is 0.0683. The van der Waals surface area contributed by atoms with Gasteiger partial charge in [0.1, 0.15) is 5.82 Å². The summed E-state index contributed by atoms with van der Waals surface area (Å²) in [4.78, 5) is 21.5. The van der Waals surface area contributed by atoms with Crippen molar-refractivity contribution in [2.45, 2.75) is 19.4 Å². The Hall–Kier alpha value is -2.21. The summed E-state index contributed by atoms with van der Waals surface area (Å²) in [7, 11) is 0. The Bertz CT molecular complexity index is 689. The van der Waals surface area contributed by atoms with Crippen molar-refractivity contribution in [3.8, 4) is 0 Å². The second-order valence-electron chi connectivity index (χ2n) is 5.47. The van der Waals surface area contributed by atoms with Crippen molar-refractivity contribution in [1.82, 2.24) is 9.97 Å². The van der Waals surface area contributed by atoms with Crippen LogP contribution in [-0.4, -0.2) is 45.3 Å². The number of hydrogen-bond donors (Lipinski definition) is 2. The Morgan fingerprint density at radius 1 is 1.33 bits per heavy atom. The number of piperidine rings is 1. The van der Waals surface area contributed by atoms with Crippen molar-refractivity contribution in [3.63, 3.8) is 0 Å². The Kier molecular flexibility index (Phi) is 3.47. The molecule has 3 rings (SSSR count). The van der Waals surface area contributed by atoms with E-state index < -0.39 is 5.97 Å². The minimum atomic E-state index is -1.13. The zero-order valence-electron chi connectivity index (χ0n) is 11.7. The van der Waals surface area contributed by atoms with Crippen LogP contribution >= 0.6 is 0 Å². The maximum absolute atomic E-state index is 11.2. The smallest absolute Gasteiger partial charge is 0.374 e. The van der Waals surface area contributed by atoms with Crippen LogP contribution in [0, 0.1) is 5.92 Å². The van der Waals surface area contributed by atoms with Gasteiger partial charge in [-0.15, -0.1) is 0 Å². The zero-order valence-corrected chi connectivity index (χ0v) is 11.7. The number of aromatic nitrogens is 2. The number of carboxylic acids is 1. The molecule has 2 N–H and O–H groups in total. The highest BCUT2D eigenvalue weighted by molar-refractivity contribution is 5.93. The van der Waals surface area contributed by atoms with E-state index in [9.17, 15) is 15.0 Å². The molecule has 0 aliphatic carbocycles. The maximum Gasteiger partial charge on any atom is 0.374 e. The molecule has 2 unspecified atom stereocenters. The van der Waals surface area contributed by atoms with Crippen molar-refractivity contribution in [3.05, 3.63) is 30.1 Å². The summed E-state index contributed by atoms with van der Waals surface area (Å²) in [6.07, 6.45) is 0.343. The fourth-order valence-corrected chi connectivity index (χ4v) is 2.72. The summed E-state index contributed by atoms with van der Waals surface area (Å²) in [5, 5.41) is 19.9. The molecule has 0 radical (unpaired) electrons. The minimum absolute atomic E-state index is 0.126. The third-order valence-electron chi connectivity index (χ3n) is 3.93. The molecule has 2 aromatic rings. The van der Waals surface area contributed by atoms with Crippen molar-refractivity contribution >= 4 is 22.7 Å². The van der Waals surface area contributed by atoms with Crippen molar-refractivity contribution in [2.75, 3.05) is 18.0 Å². The van der Waals surface area contributed by atoms with Gasteiger partial charge in [-0.25, -0.2) is 14.8 Å². The number of para-hydroxylation sites is 1. The molecule has 0 bridgehead atoms. The van der Waals surface area contributed by atoms with Crippen LogP contribution in [0.3, 0.4) is 0 Å².